The van der Waals surface area contributed by atoms with E-state index in [1.807, 2.05) is 0 Å². The van der Waals surface area contributed by atoms with Crippen molar-refractivity contribution < 1.29 is 71.5 Å². The fourth-order valence-electron chi connectivity index (χ4n) is 2.85. The predicted octanol–water partition coefficient (Wildman–Crippen LogP) is -0.0929. The second kappa shape index (κ2) is 39.7. The third-order valence-corrected chi connectivity index (χ3v) is 4.97. The van der Waals surface area contributed by atoms with Crippen LogP contribution in [0.3, 0.4) is 0 Å². The van der Waals surface area contributed by atoms with Gasteiger partial charge in [0, 0.05) is 6.08 Å². The SMILES string of the molecule is C=CC(=O)OCCOCCOCCOCCOCCOCCOCCOCCOCCOCCOCCOCCOCCO. The van der Waals surface area contributed by atoms with Crippen molar-refractivity contribution in [2.45, 2.75) is 0 Å². The average Bonchev–Trinajstić information content (AvgIpc) is 3.04. The normalized spacial score (nSPS) is 11.3. The molecule has 0 amide bonds. The van der Waals surface area contributed by atoms with Gasteiger partial charge in [-0.2, -0.15) is 0 Å². The average molecular weight is 645 g/mol. The van der Waals surface area contributed by atoms with Crippen molar-refractivity contribution in [3.05, 3.63) is 12.7 Å². The van der Waals surface area contributed by atoms with Crippen molar-refractivity contribution in [3.8, 4) is 0 Å². The Morgan fingerprint density at radius 2 is 0.545 bits per heavy atom. The summed E-state index contributed by atoms with van der Waals surface area (Å²) in [5.74, 6) is -0.461. The van der Waals surface area contributed by atoms with E-state index in [1.165, 1.54) is 0 Å². The highest BCUT2D eigenvalue weighted by atomic mass is 16.6. The maximum absolute atomic E-state index is 10.8. The number of rotatable bonds is 39. The third kappa shape index (κ3) is 38.7. The molecule has 0 aromatic rings. The third-order valence-electron chi connectivity index (χ3n) is 4.97. The maximum Gasteiger partial charge on any atom is 0.330 e. The number of hydrogen-bond acceptors (Lipinski definition) is 15. The topological polar surface area (TPSA) is 157 Å². The number of esters is 1. The van der Waals surface area contributed by atoms with Gasteiger partial charge in [-0.15, -0.1) is 0 Å². The van der Waals surface area contributed by atoms with Crippen molar-refractivity contribution in [3.63, 3.8) is 0 Å². The monoisotopic (exact) mass is 644 g/mol. The number of aliphatic hydroxyl groups excluding tert-OH is 1. The maximum atomic E-state index is 10.8. The van der Waals surface area contributed by atoms with Gasteiger partial charge in [0.1, 0.15) is 6.61 Å². The van der Waals surface area contributed by atoms with Crippen LogP contribution in [0.1, 0.15) is 0 Å². The zero-order valence-corrected chi connectivity index (χ0v) is 26.3. The van der Waals surface area contributed by atoms with Gasteiger partial charge in [-0.25, -0.2) is 4.79 Å². The molecule has 15 nitrogen and oxygen atoms in total. The largest absolute Gasteiger partial charge is 0.460 e. The smallest absolute Gasteiger partial charge is 0.330 e. The highest BCUT2D eigenvalue weighted by Gasteiger charge is 1.97. The molecule has 0 saturated carbocycles. The van der Waals surface area contributed by atoms with Crippen LogP contribution in [-0.4, -0.2) is 183 Å². The fraction of sp³-hybridized carbons (Fsp3) is 0.897. The Balaban J connectivity index is 3.05. The van der Waals surface area contributed by atoms with Gasteiger partial charge in [0.05, 0.1) is 165 Å². The van der Waals surface area contributed by atoms with Gasteiger partial charge in [-0.1, -0.05) is 6.58 Å². The number of carbonyl (C=O) groups excluding carboxylic acids is 1. The lowest BCUT2D eigenvalue weighted by Gasteiger charge is -2.09. The van der Waals surface area contributed by atoms with Crippen LogP contribution >= 0.6 is 0 Å². The van der Waals surface area contributed by atoms with E-state index in [0.717, 1.165) is 6.08 Å². The molecule has 0 aliphatic rings. The Labute approximate surface area is 262 Å². The van der Waals surface area contributed by atoms with Crippen molar-refractivity contribution in [1.82, 2.24) is 0 Å². The van der Waals surface area contributed by atoms with Crippen molar-refractivity contribution in [2.75, 3.05) is 172 Å². The van der Waals surface area contributed by atoms with Gasteiger partial charge < -0.3 is 66.7 Å². The molecule has 262 valence electrons. The summed E-state index contributed by atoms with van der Waals surface area (Å²) >= 11 is 0. The lowest BCUT2D eigenvalue weighted by atomic mass is 10.6. The summed E-state index contributed by atoms with van der Waals surface area (Å²) in [6.45, 7) is 14.8. The molecule has 0 aromatic carbocycles. The molecule has 15 heteroatoms. The summed E-state index contributed by atoms with van der Waals surface area (Å²) in [7, 11) is 0. The van der Waals surface area contributed by atoms with Gasteiger partial charge in [0.15, 0.2) is 0 Å². The number of ether oxygens (including phenoxy) is 13. The van der Waals surface area contributed by atoms with Crippen molar-refractivity contribution in [2.24, 2.45) is 0 Å². The molecule has 0 rings (SSSR count). The Bertz CT molecular complexity index is 571. The number of carbonyl (C=O) groups is 1. The minimum atomic E-state index is -0.461. The van der Waals surface area contributed by atoms with Gasteiger partial charge in [0.2, 0.25) is 0 Å². The fourth-order valence-corrected chi connectivity index (χ4v) is 2.85. The quantitative estimate of drug-likeness (QED) is 0.0537. The molecule has 1 N–H and O–H groups in total. The Hall–Kier alpha value is -1.31. The summed E-state index contributed by atoms with van der Waals surface area (Å²) in [5, 5.41) is 8.57. The van der Waals surface area contributed by atoms with Gasteiger partial charge in [0.25, 0.3) is 0 Å². The molecular weight excluding hydrogens is 588 g/mol. The summed E-state index contributed by atoms with van der Waals surface area (Å²) in [4.78, 5) is 10.8. The first-order chi connectivity index (χ1) is 21.8. The first kappa shape index (κ1) is 42.7. The summed E-state index contributed by atoms with van der Waals surface area (Å²) in [6.07, 6.45) is 1.11. The molecule has 0 spiro atoms. The molecule has 0 aromatic heterocycles. The molecule has 0 aliphatic carbocycles. The van der Waals surface area contributed by atoms with E-state index in [2.05, 4.69) is 6.58 Å². The second-order valence-corrected chi connectivity index (χ2v) is 8.44. The molecule has 0 saturated heterocycles. The highest BCUT2D eigenvalue weighted by molar-refractivity contribution is 5.81. The lowest BCUT2D eigenvalue weighted by molar-refractivity contribution is -0.139. The van der Waals surface area contributed by atoms with Crippen molar-refractivity contribution >= 4 is 5.97 Å². The van der Waals surface area contributed by atoms with Crippen LogP contribution in [0.5, 0.6) is 0 Å². The predicted molar refractivity (Wildman–Crippen MR) is 158 cm³/mol. The number of aliphatic hydroxyl groups is 1. The number of hydrogen-bond donors (Lipinski definition) is 1. The van der Waals surface area contributed by atoms with Crippen LogP contribution in [0.2, 0.25) is 0 Å². The van der Waals surface area contributed by atoms with Crippen LogP contribution in [0.25, 0.3) is 0 Å². The van der Waals surface area contributed by atoms with E-state index in [4.69, 9.17) is 66.7 Å². The molecule has 0 unspecified atom stereocenters. The molecule has 0 heterocycles. The van der Waals surface area contributed by atoms with Crippen LogP contribution in [0, 0.1) is 0 Å². The van der Waals surface area contributed by atoms with Gasteiger partial charge >= 0.3 is 5.97 Å². The molecule has 0 bridgehead atoms. The molecule has 44 heavy (non-hydrogen) atoms. The van der Waals surface area contributed by atoms with Crippen LogP contribution in [0.4, 0.5) is 0 Å². The highest BCUT2D eigenvalue weighted by Crippen LogP contribution is 1.88. The van der Waals surface area contributed by atoms with E-state index < -0.39 is 5.97 Å². The van der Waals surface area contributed by atoms with Crippen LogP contribution < -0.4 is 0 Å². The zero-order valence-electron chi connectivity index (χ0n) is 26.3. The van der Waals surface area contributed by atoms with E-state index in [9.17, 15) is 4.79 Å². The first-order valence-electron chi connectivity index (χ1n) is 15.1. The second-order valence-electron chi connectivity index (χ2n) is 8.44. The molecule has 0 aliphatic heterocycles. The molecule has 0 radical (unpaired) electrons. The van der Waals surface area contributed by atoms with Crippen LogP contribution in [-0.2, 0) is 66.4 Å². The van der Waals surface area contributed by atoms with Crippen LogP contribution in [0.15, 0.2) is 12.7 Å². The lowest BCUT2D eigenvalue weighted by Crippen LogP contribution is -2.15. The summed E-state index contributed by atoms with van der Waals surface area (Å²) in [6, 6.07) is 0. The minimum absolute atomic E-state index is 0.0214. The summed E-state index contributed by atoms with van der Waals surface area (Å²) in [5.41, 5.74) is 0. The van der Waals surface area contributed by atoms with Gasteiger partial charge in [-0.05, 0) is 0 Å². The Morgan fingerprint density at radius 3 is 0.727 bits per heavy atom. The van der Waals surface area contributed by atoms with Gasteiger partial charge in [-0.3, -0.25) is 0 Å². The van der Waals surface area contributed by atoms with E-state index in [1.54, 1.807) is 0 Å². The van der Waals surface area contributed by atoms with Crippen molar-refractivity contribution in [1.29, 1.82) is 0 Å². The Kier molecular flexibility index (Phi) is 38.5. The molecule has 0 atom stereocenters. The van der Waals surface area contributed by atoms with E-state index in [0.29, 0.717) is 159 Å². The zero-order chi connectivity index (χ0) is 31.9. The standard InChI is InChI=1S/C29H56O15/c1-2-29(31)44-28-27-43-26-25-42-24-23-41-22-21-40-20-19-39-18-17-38-16-15-37-14-13-36-12-11-35-10-9-34-8-7-33-6-5-32-4-3-30/h2,30H,1,3-28H2. The first-order valence-corrected chi connectivity index (χ1v) is 15.1. The van der Waals surface area contributed by atoms with E-state index >= 15 is 0 Å². The molecular formula is C29H56O15. The molecule has 0 fully saturated rings. The van der Waals surface area contributed by atoms with E-state index in [-0.39, 0.29) is 13.2 Å². The minimum Gasteiger partial charge on any atom is -0.460 e. The summed E-state index contributed by atoms with van der Waals surface area (Å²) < 4.78 is 69.3. The Morgan fingerprint density at radius 1 is 0.364 bits per heavy atom.